The van der Waals surface area contributed by atoms with E-state index in [1.165, 1.54) is 11.3 Å². The summed E-state index contributed by atoms with van der Waals surface area (Å²) in [6, 6.07) is -0.138. The molecule has 1 aromatic rings. The quantitative estimate of drug-likeness (QED) is 0.845. The monoisotopic (exact) mass is 274 g/mol. The summed E-state index contributed by atoms with van der Waals surface area (Å²) >= 11 is 1.46. The Morgan fingerprint density at radius 2 is 2.06 bits per heavy atom. The Bertz CT molecular complexity index is 526. The molecule has 6 heteroatoms. The van der Waals surface area contributed by atoms with E-state index < -0.39 is 9.84 Å². The highest BCUT2D eigenvalue weighted by Crippen LogP contribution is 2.36. The van der Waals surface area contributed by atoms with Crippen molar-refractivity contribution in [3.63, 3.8) is 0 Å². The zero-order valence-corrected chi connectivity index (χ0v) is 12.0. The summed E-state index contributed by atoms with van der Waals surface area (Å²) in [5.41, 5.74) is 7.02. The molecular formula is C11H18N2O2S2. The fourth-order valence-electron chi connectivity index (χ4n) is 1.74. The first-order chi connectivity index (χ1) is 7.69. The van der Waals surface area contributed by atoms with Gasteiger partial charge in [-0.05, 0) is 5.41 Å². The van der Waals surface area contributed by atoms with Gasteiger partial charge in [-0.15, -0.1) is 11.3 Å². The molecule has 0 amide bonds. The van der Waals surface area contributed by atoms with Gasteiger partial charge in [0.2, 0.25) is 0 Å². The second kappa shape index (κ2) is 4.03. The number of thiazole rings is 1. The van der Waals surface area contributed by atoms with Gasteiger partial charge in [0.15, 0.2) is 9.84 Å². The number of nitrogens with zero attached hydrogens (tertiary/aromatic N) is 1. The molecule has 1 aromatic heterocycles. The van der Waals surface area contributed by atoms with Gasteiger partial charge in [-0.3, -0.25) is 0 Å². The van der Waals surface area contributed by atoms with Gasteiger partial charge in [-0.25, -0.2) is 13.4 Å². The number of aryl methyl sites for hydroxylation is 1. The number of fused-ring (bicyclic) bond motifs is 1. The lowest BCUT2D eigenvalue weighted by Crippen LogP contribution is -2.26. The summed E-state index contributed by atoms with van der Waals surface area (Å²) in [6.45, 7) is 6.19. The van der Waals surface area contributed by atoms with Gasteiger partial charge >= 0.3 is 0 Å². The van der Waals surface area contributed by atoms with Crippen molar-refractivity contribution in [2.75, 3.05) is 5.75 Å². The minimum Gasteiger partial charge on any atom is -0.322 e. The van der Waals surface area contributed by atoms with Crippen LogP contribution in [0.2, 0.25) is 0 Å². The minimum absolute atomic E-state index is 0.0562. The van der Waals surface area contributed by atoms with Crippen LogP contribution in [0.25, 0.3) is 0 Å². The summed E-state index contributed by atoms with van der Waals surface area (Å²) in [4.78, 5) is 5.39. The van der Waals surface area contributed by atoms with Gasteiger partial charge in [0, 0.05) is 11.3 Å². The molecule has 96 valence electrons. The molecule has 1 atom stereocenters. The molecule has 2 N–H and O–H groups in total. The maximum Gasteiger partial charge on any atom is 0.155 e. The molecule has 1 aliphatic rings. The Morgan fingerprint density at radius 1 is 1.41 bits per heavy atom. The largest absolute Gasteiger partial charge is 0.322 e. The Morgan fingerprint density at radius 3 is 2.65 bits per heavy atom. The summed E-state index contributed by atoms with van der Waals surface area (Å²) in [6.07, 6.45) is 0.533. The molecule has 4 nitrogen and oxygen atoms in total. The molecule has 2 rings (SSSR count). The number of aromatic nitrogens is 1. The smallest absolute Gasteiger partial charge is 0.155 e. The molecule has 1 aliphatic heterocycles. The first-order valence-electron chi connectivity index (χ1n) is 5.63. The van der Waals surface area contributed by atoms with E-state index in [1.807, 2.05) is 0 Å². The Balaban J connectivity index is 2.34. The van der Waals surface area contributed by atoms with E-state index in [0.29, 0.717) is 6.42 Å². The van der Waals surface area contributed by atoms with E-state index in [1.54, 1.807) is 0 Å². The number of sulfone groups is 1. The van der Waals surface area contributed by atoms with Gasteiger partial charge in [-0.2, -0.15) is 0 Å². The number of rotatable bonds is 1. The maximum absolute atomic E-state index is 11.5. The zero-order valence-electron chi connectivity index (χ0n) is 10.4. The molecular weight excluding hydrogens is 256 g/mol. The average Bonchev–Trinajstić information content (AvgIpc) is 2.55. The second-order valence-electron chi connectivity index (χ2n) is 5.61. The lowest BCUT2D eigenvalue weighted by Gasteiger charge is -2.24. The lowest BCUT2D eigenvalue weighted by molar-refractivity contribution is 0.326. The van der Waals surface area contributed by atoms with E-state index in [2.05, 4.69) is 25.8 Å². The molecule has 0 aliphatic carbocycles. The number of hydrogen-bond acceptors (Lipinski definition) is 5. The predicted octanol–water partition coefficient (Wildman–Crippen LogP) is 1.66. The number of hydrogen-bond donors (Lipinski definition) is 1. The van der Waals surface area contributed by atoms with Crippen molar-refractivity contribution in [1.82, 2.24) is 4.98 Å². The Hall–Kier alpha value is -0.460. The second-order valence-corrected chi connectivity index (χ2v) is 8.91. The van der Waals surface area contributed by atoms with Gasteiger partial charge in [0.25, 0.3) is 0 Å². The number of nitrogens with two attached hydrogens (primary N) is 1. The van der Waals surface area contributed by atoms with Crippen molar-refractivity contribution < 1.29 is 8.42 Å². The fraction of sp³-hybridized carbons (Fsp3) is 0.727. The average molecular weight is 274 g/mol. The van der Waals surface area contributed by atoms with Gasteiger partial charge in [0.1, 0.15) is 5.01 Å². The van der Waals surface area contributed by atoms with Crippen LogP contribution in [0.15, 0.2) is 0 Å². The van der Waals surface area contributed by atoms with Crippen LogP contribution in [-0.4, -0.2) is 19.2 Å². The van der Waals surface area contributed by atoms with Crippen molar-refractivity contribution in [2.45, 2.75) is 39.0 Å². The van der Waals surface area contributed by atoms with Crippen molar-refractivity contribution >= 4 is 21.2 Å². The molecule has 0 bridgehead atoms. The van der Waals surface area contributed by atoms with Crippen LogP contribution in [0, 0.1) is 5.41 Å². The molecule has 1 unspecified atom stereocenters. The SMILES string of the molecule is CC(C)(C)C(N)c1nc2c(s1)CS(=O)(=O)CC2. The molecule has 17 heavy (non-hydrogen) atoms. The van der Waals surface area contributed by atoms with Crippen LogP contribution in [-0.2, 0) is 22.0 Å². The summed E-state index contributed by atoms with van der Waals surface area (Å²) < 4.78 is 23.1. The lowest BCUT2D eigenvalue weighted by atomic mass is 9.88. The van der Waals surface area contributed by atoms with Gasteiger partial charge in [-0.1, -0.05) is 20.8 Å². The van der Waals surface area contributed by atoms with Crippen molar-refractivity contribution in [2.24, 2.45) is 11.1 Å². The highest BCUT2D eigenvalue weighted by molar-refractivity contribution is 7.90. The highest BCUT2D eigenvalue weighted by atomic mass is 32.2. The van der Waals surface area contributed by atoms with E-state index in [-0.39, 0.29) is 23.0 Å². The van der Waals surface area contributed by atoms with E-state index >= 15 is 0 Å². The fourth-order valence-corrected chi connectivity index (χ4v) is 4.88. The molecule has 2 heterocycles. The van der Waals surface area contributed by atoms with Crippen molar-refractivity contribution in [3.05, 3.63) is 15.6 Å². The third-order valence-electron chi connectivity index (χ3n) is 2.99. The van der Waals surface area contributed by atoms with Gasteiger partial charge < -0.3 is 5.73 Å². The van der Waals surface area contributed by atoms with Crippen LogP contribution >= 0.6 is 11.3 Å². The summed E-state index contributed by atoms with van der Waals surface area (Å²) in [7, 11) is -2.91. The summed E-state index contributed by atoms with van der Waals surface area (Å²) in [5, 5.41) is 0.861. The van der Waals surface area contributed by atoms with Crippen LogP contribution in [0.5, 0.6) is 0 Å². The normalized spacial score (nSPS) is 20.9. The Kier molecular flexibility index (Phi) is 3.08. The standard InChI is InChI=1S/C11H18N2O2S2/c1-11(2,3)9(12)10-13-7-4-5-17(14,15)6-8(7)16-10/h9H,4-6,12H2,1-3H3. The molecule has 0 aromatic carbocycles. The van der Waals surface area contributed by atoms with Crippen molar-refractivity contribution in [3.8, 4) is 0 Å². The topological polar surface area (TPSA) is 73.0 Å². The molecule has 0 fully saturated rings. The van der Waals surface area contributed by atoms with Gasteiger partial charge in [0.05, 0.1) is 23.2 Å². The molecule has 0 spiro atoms. The molecule has 0 saturated heterocycles. The van der Waals surface area contributed by atoms with Crippen LogP contribution < -0.4 is 5.73 Å². The molecule has 0 radical (unpaired) electrons. The minimum atomic E-state index is -2.91. The third kappa shape index (κ3) is 2.69. The third-order valence-corrected chi connectivity index (χ3v) is 5.91. The predicted molar refractivity (Wildman–Crippen MR) is 69.7 cm³/mol. The first-order valence-corrected chi connectivity index (χ1v) is 8.27. The van der Waals surface area contributed by atoms with E-state index in [4.69, 9.17) is 5.73 Å². The highest BCUT2D eigenvalue weighted by Gasteiger charge is 2.30. The Labute approximate surface area is 106 Å². The van der Waals surface area contributed by atoms with Crippen LogP contribution in [0.3, 0.4) is 0 Å². The van der Waals surface area contributed by atoms with Crippen LogP contribution in [0.4, 0.5) is 0 Å². The molecule has 0 saturated carbocycles. The summed E-state index contributed by atoms with van der Waals surface area (Å²) in [5.74, 6) is 0.352. The van der Waals surface area contributed by atoms with E-state index in [9.17, 15) is 8.42 Å². The van der Waals surface area contributed by atoms with Crippen LogP contribution in [0.1, 0.15) is 42.4 Å². The first kappa shape index (κ1) is 13.0. The maximum atomic E-state index is 11.5. The van der Waals surface area contributed by atoms with Crippen molar-refractivity contribution in [1.29, 1.82) is 0 Å². The van der Waals surface area contributed by atoms with E-state index in [0.717, 1.165) is 15.6 Å². The zero-order chi connectivity index (χ0) is 12.8.